The Hall–Kier alpha value is -3.00. The molecule has 2 N–H and O–H groups in total. The Balaban J connectivity index is 1.52. The van der Waals surface area contributed by atoms with Crippen molar-refractivity contribution in [2.75, 3.05) is 6.54 Å². The number of furan rings is 1. The summed E-state index contributed by atoms with van der Waals surface area (Å²) >= 11 is 1.48. The number of amides is 2. The van der Waals surface area contributed by atoms with Crippen molar-refractivity contribution in [2.45, 2.75) is 24.1 Å². The van der Waals surface area contributed by atoms with Gasteiger partial charge in [-0.05, 0) is 31.2 Å². The van der Waals surface area contributed by atoms with E-state index in [9.17, 15) is 9.59 Å². The van der Waals surface area contributed by atoms with Crippen molar-refractivity contribution < 1.29 is 18.5 Å². The number of nitrogens with one attached hydrogen (secondary N) is 2. The van der Waals surface area contributed by atoms with Crippen LogP contribution in [0.2, 0.25) is 0 Å². The van der Waals surface area contributed by atoms with Crippen LogP contribution in [0.25, 0.3) is 0 Å². The molecule has 140 valence electrons. The Kier molecular flexibility index (Phi) is 6.32. The molecular formula is C19H19N3O4S. The topological polar surface area (TPSA) is 97.4 Å². The Morgan fingerprint density at radius 3 is 2.70 bits per heavy atom. The van der Waals surface area contributed by atoms with Crippen LogP contribution in [-0.2, 0) is 17.1 Å². The molecule has 0 saturated carbocycles. The number of carbonyl (C=O) groups is 2. The second-order valence-corrected chi connectivity index (χ2v) is 6.78. The minimum Gasteiger partial charge on any atom is -0.467 e. The number of aryl methyl sites for hydroxylation is 1. The molecule has 0 spiro atoms. The van der Waals surface area contributed by atoms with Gasteiger partial charge in [0, 0.05) is 11.0 Å². The largest absolute Gasteiger partial charge is 0.467 e. The lowest BCUT2D eigenvalue weighted by molar-refractivity contribution is -0.120. The van der Waals surface area contributed by atoms with E-state index < -0.39 is 0 Å². The van der Waals surface area contributed by atoms with E-state index in [4.69, 9.17) is 8.94 Å². The Bertz CT molecular complexity index is 905. The highest BCUT2D eigenvalue weighted by molar-refractivity contribution is 7.98. The summed E-state index contributed by atoms with van der Waals surface area (Å²) in [5.41, 5.74) is 1.33. The van der Waals surface area contributed by atoms with Gasteiger partial charge in [-0.2, -0.15) is 0 Å². The van der Waals surface area contributed by atoms with E-state index in [0.717, 1.165) is 16.3 Å². The molecule has 0 radical (unpaired) electrons. The molecule has 1 aromatic carbocycles. The third-order valence-corrected chi connectivity index (χ3v) is 4.72. The van der Waals surface area contributed by atoms with Crippen molar-refractivity contribution in [2.24, 2.45) is 0 Å². The molecule has 2 heterocycles. The fourth-order valence-electron chi connectivity index (χ4n) is 2.33. The number of benzene rings is 1. The summed E-state index contributed by atoms with van der Waals surface area (Å²) in [6.45, 7) is 2.03. The molecule has 0 aliphatic rings. The number of hydrogen-bond acceptors (Lipinski definition) is 6. The molecule has 27 heavy (non-hydrogen) atoms. The van der Waals surface area contributed by atoms with E-state index in [1.807, 2.05) is 25.1 Å². The van der Waals surface area contributed by atoms with Gasteiger partial charge in [-0.25, -0.2) is 0 Å². The molecule has 7 nitrogen and oxygen atoms in total. The first-order valence-electron chi connectivity index (χ1n) is 8.33. The second-order valence-electron chi connectivity index (χ2n) is 5.76. The SMILES string of the molecule is Cc1cc(CSc2ccccc2C(=O)NCC(=O)NCc2ccco2)on1. The maximum Gasteiger partial charge on any atom is 0.252 e. The van der Waals surface area contributed by atoms with E-state index in [1.54, 1.807) is 24.3 Å². The smallest absolute Gasteiger partial charge is 0.252 e. The first kappa shape index (κ1) is 18.8. The standard InChI is InChI=1S/C19H19N3O4S/c1-13-9-15(26-22-13)12-27-17-7-3-2-6-16(17)19(24)21-11-18(23)20-10-14-5-4-8-25-14/h2-9H,10-12H2,1H3,(H,20,23)(H,21,24). The van der Waals surface area contributed by atoms with Crippen LogP contribution in [0.4, 0.5) is 0 Å². The minimum atomic E-state index is -0.306. The Morgan fingerprint density at radius 1 is 1.11 bits per heavy atom. The van der Waals surface area contributed by atoms with Gasteiger partial charge in [0.1, 0.15) is 11.5 Å². The zero-order chi connectivity index (χ0) is 19.1. The van der Waals surface area contributed by atoms with Gasteiger partial charge < -0.3 is 19.6 Å². The number of aromatic nitrogens is 1. The van der Waals surface area contributed by atoms with Gasteiger partial charge in [-0.1, -0.05) is 17.3 Å². The number of carbonyl (C=O) groups excluding carboxylic acids is 2. The molecule has 0 unspecified atom stereocenters. The van der Waals surface area contributed by atoms with Gasteiger partial charge in [-0.15, -0.1) is 11.8 Å². The highest BCUT2D eigenvalue weighted by Gasteiger charge is 2.13. The normalized spacial score (nSPS) is 10.6. The first-order valence-corrected chi connectivity index (χ1v) is 9.31. The average molecular weight is 385 g/mol. The first-order chi connectivity index (χ1) is 13.1. The molecule has 2 amide bonds. The van der Waals surface area contributed by atoms with Crippen molar-refractivity contribution in [3.63, 3.8) is 0 Å². The maximum atomic E-state index is 12.5. The molecule has 3 rings (SSSR count). The van der Waals surface area contributed by atoms with Gasteiger partial charge in [0.2, 0.25) is 5.91 Å². The third kappa shape index (κ3) is 5.49. The third-order valence-electron chi connectivity index (χ3n) is 3.63. The average Bonchev–Trinajstić information content (AvgIpc) is 3.34. The maximum absolute atomic E-state index is 12.5. The molecule has 3 aromatic rings. The summed E-state index contributed by atoms with van der Waals surface area (Å²) in [7, 11) is 0. The molecular weight excluding hydrogens is 366 g/mol. The zero-order valence-corrected chi connectivity index (χ0v) is 15.5. The Morgan fingerprint density at radius 2 is 1.96 bits per heavy atom. The highest BCUT2D eigenvalue weighted by atomic mass is 32.2. The van der Waals surface area contributed by atoms with Crippen LogP contribution in [0.5, 0.6) is 0 Å². The summed E-state index contributed by atoms with van der Waals surface area (Å²) in [6, 6.07) is 12.6. The van der Waals surface area contributed by atoms with Crippen LogP contribution in [0.1, 0.15) is 27.6 Å². The van der Waals surface area contributed by atoms with E-state index >= 15 is 0 Å². The van der Waals surface area contributed by atoms with Crippen LogP contribution in [-0.4, -0.2) is 23.5 Å². The van der Waals surface area contributed by atoms with E-state index in [1.165, 1.54) is 18.0 Å². The second kappa shape index (κ2) is 9.09. The number of nitrogens with zero attached hydrogens (tertiary/aromatic N) is 1. The molecule has 0 saturated heterocycles. The fourth-order valence-corrected chi connectivity index (χ4v) is 3.26. The number of rotatable bonds is 8. The lowest BCUT2D eigenvalue weighted by Gasteiger charge is -2.09. The Labute approximate surface area is 160 Å². The molecule has 0 atom stereocenters. The van der Waals surface area contributed by atoms with E-state index in [0.29, 0.717) is 17.1 Å². The summed E-state index contributed by atoms with van der Waals surface area (Å²) < 4.78 is 10.3. The van der Waals surface area contributed by atoms with Crippen LogP contribution in [0, 0.1) is 6.92 Å². The fraction of sp³-hybridized carbons (Fsp3) is 0.211. The minimum absolute atomic E-state index is 0.111. The molecule has 8 heteroatoms. The van der Waals surface area contributed by atoms with Crippen molar-refractivity contribution in [3.05, 3.63) is 71.5 Å². The predicted molar refractivity (Wildman–Crippen MR) is 100 cm³/mol. The zero-order valence-electron chi connectivity index (χ0n) is 14.7. The molecule has 0 fully saturated rings. The number of hydrogen-bond donors (Lipinski definition) is 2. The van der Waals surface area contributed by atoms with Crippen LogP contribution in [0.3, 0.4) is 0 Å². The quantitative estimate of drug-likeness (QED) is 0.579. The van der Waals surface area contributed by atoms with Gasteiger partial charge in [0.25, 0.3) is 5.91 Å². The van der Waals surface area contributed by atoms with E-state index in [-0.39, 0.29) is 24.9 Å². The van der Waals surface area contributed by atoms with Gasteiger partial charge in [0.05, 0.1) is 36.4 Å². The van der Waals surface area contributed by atoms with Crippen molar-refractivity contribution in [1.29, 1.82) is 0 Å². The summed E-state index contributed by atoms with van der Waals surface area (Å²) in [5.74, 6) is 1.36. The van der Waals surface area contributed by atoms with Gasteiger partial charge >= 0.3 is 0 Å². The van der Waals surface area contributed by atoms with Gasteiger partial charge in [0.15, 0.2) is 0 Å². The van der Waals surface area contributed by atoms with Crippen molar-refractivity contribution >= 4 is 23.6 Å². The van der Waals surface area contributed by atoms with Crippen LogP contribution < -0.4 is 10.6 Å². The predicted octanol–water partition coefficient (Wildman–Crippen LogP) is 2.91. The van der Waals surface area contributed by atoms with Gasteiger partial charge in [-0.3, -0.25) is 9.59 Å². The van der Waals surface area contributed by atoms with Crippen molar-refractivity contribution in [3.8, 4) is 0 Å². The van der Waals surface area contributed by atoms with Crippen LogP contribution >= 0.6 is 11.8 Å². The molecule has 0 aliphatic carbocycles. The summed E-state index contributed by atoms with van der Waals surface area (Å²) in [5, 5.41) is 9.18. The lowest BCUT2D eigenvalue weighted by Crippen LogP contribution is -2.36. The molecule has 2 aromatic heterocycles. The van der Waals surface area contributed by atoms with Crippen LogP contribution in [0.15, 0.2) is 62.6 Å². The molecule has 0 bridgehead atoms. The molecule has 0 aliphatic heterocycles. The summed E-state index contributed by atoms with van der Waals surface area (Å²) in [6.07, 6.45) is 1.54. The lowest BCUT2D eigenvalue weighted by atomic mass is 10.2. The van der Waals surface area contributed by atoms with E-state index in [2.05, 4.69) is 15.8 Å². The monoisotopic (exact) mass is 385 g/mol. The van der Waals surface area contributed by atoms with Crippen molar-refractivity contribution in [1.82, 2.24) is 15.8 Å². The number of thioether (sulfide) groups is 1. The summed E-state index contributed by atoms with van der Waals surface area (Å²) in [4.78, 5) is 25.1. The highest BCUT2D eigenvalue weighted by Crippen LogP contribution is 2.26.